The minimum atomic E-state index is -0.199. The van der Waals surface area contributed by atoms with Crippen molar-refractivity contribution in [2.45, 2.75) is 29.8 Å². The molecule has 3 N–H and O–H groups in total. The van der Waals surface area contributed by atoms with Gasteiger partial charge in [-0.2, -0.15) is 0 Å². The first-order valence-corrected chi connectivity index (χ1v) is 15.1. The number of nitrogens with zero attached hydrogens (tertiary/aromatic N) is 2. The Morgan fingerprint density at radius 2 is 1.92 bits per heavy atom. The number of halogens is 2. The Balaban J connectivity index is 1.06. The number of carbonyl (C=O) groups excluding carboxylic acids is 2. The number of amides is 2. The fraction of sp³-hybridized carbons (Fsp3) is 0.250. The van der Waals surface area contributed by atoms with Gasteiger partial charge in [-0.1, -0.05) is 53.2 Å². The number of piperidine rings is 1. The Kier molecular flexibility index (Phi) is 9.26. The maximum atomic E-state index is 12.6. The number of thiazole rings is 1. The fourth-order valence-corrected chi connectivity index (χ4v) is 6.38. The first-order valence-electron chi connectivity index (χ1n) is 12.5. The number of carbonyl (C=O) groups is 2. The lowest BCUT2D eigenvalue weighted by atomic mass is 10.0. The Labute approximate surface area is 245 Å². The van der Waals surface area contributed by atoms with E-state index in [9.17, 15) is 9.59 Å². The van der Waals surface area contributed by atoms with Crippen LogP contribution in [0.1, 0.15) is 28.9 Å². The molecule has 2 amide bonds. The lowest BCUT2D eigenvalue weighted by Gasteiger charge is -2.32. The van der Waals surface area contributed by atoms with Gasteiger partial charge in [-0.15, -0.1) is 11.3 Å². The van der Waals surface area contributed by atoms with Crippen LogP contribution < -0.4 is 10.6 Å². The monoisotopic (exact) mass is 599 g/mol. The summed E-state index contributed by atoms with van der Waals surface area (Å²) in [6.45, 7) is 2.65. The Hall–Kier alpha value is -2.82. The number of likely N-dealkylation sites (tertiary alicyclic amines) is 1. The number of H-pyrrole nitrogens is 1. The minimum absolute atomic E-state index is 0.0220. The van der Waals surface area contributed by atoms with Gasteiger partial charge < -0.3 is 15.6 Å². The quantitative estimate of drug-likeness (QED) is 0.189. The van der Waals surface area contributed by atoms with Crippen molar-refractivity contribution in [3.05, 3.63) is 87.5 Å². The van der Waals surface area contributed by atoms with E-state index in [1.54, 1.807) is 18.3 Å². The largest absolute Gasteiger partial charge is 0.357 e. The van der Waals surface area contributed by atoms with Gasteiger partial charge in [0.25, 0.3) is 5.91 Å². The van der Waals surface area contributed by atoms with Crippen LogP contribution in [-0.2, 0) is 11.3 Å². The third-order valence-corrected chi connectivity index (χ3v) is 9.17. The summed E-state index contributed by atoms with van der Waals surface area (Å²) in [6, 6.07) is 17.0. The predicted molar refractivity (Wildman–Crippen MR) is 160 cm³/mol. The van der Waals surface area contributed by atoms with Crippen LogP contribution in [0, 0.1) is 0 Å². The van der Waals surface area contributed by atoms with E-state index in [0.717, 1.165) is 53.6 Å². The Bertz CT molecular complexity index is 1440. The molecule has 0 spiro atoms. The molecule has 0 saturated carbocycles. The van der Waals surface area contributed by atoms with Gasteiger partial charge in [-0.25, -0.2) is 4.98 Å². The molecule has 1 aliphatic rings. The van der Waals surface area contributed by atoms with E-state index in [4.69, 9.17) is 23.2 Å². The van der Waals surface area contributed by atoms with Crippen LogP contribution in [-0.4, -0.2) is 51.6 Å². The van der Waals surface area contributed by atoms with Crippen molar-refractivity contribution in [3.63, 3.8) is 0 Å². The number of nitrogens with one attached hydrogen (secondary N) is 3. The van der Waals surface area contributed by atoms with Crippen molar-refractivity contribution in [2.24, 2.45) is 0 Å². The van der Waals surface area contributed by atoms with Crippen molar-refractivity contribution in [3.8, 4) is 11.3 Å². The van der Waals surface area contributed by atoms with E-state index in [1.807, 2.05) is 47.8 Å². The third-order valence-electron chi connectivity index (χ3n) is 6.41. The number of hydrogen-bond donors (Lipinski definition) is 3. The maximum absolute atomic E-state index is 12.6. The molecule has 0 atom stereocenters. The molecular formula is C28H27Cl2N5O2S2. The first-order chi connectivity index (χ1) is 18.9. The lowest BCUT2D eigenvalue weighted by molar-refractivity contribution is -0.119. The number of hydrogen-bond acceptors (Lipinski definition) is 6. The average molecular weight is 601 g/mol. The SMILES string of the molecule is O=C(CSc1nc(-c2cccc(NC(=O)c3ccc[nH]3)c2)cs1)NC1CCN(Cc2ccc(Cl)c(Cl)c2)CC1. The van der Waals surface area contributed by atoms with Crippen LogP contribution in [0.25, 0.3) is 11.3 Å². The van der Waals surface area contributed by atoms with E-state index < -0.39 is 0 Å². The molecule has 39 heavy (non-hydrogen) atoms. The molecule has 1 saturated heterocycles. The van der Waals surface area contributed by atoms with Crippen molar-refractivity contribution < 1.29 is 9.59 Å². The van der Waals surface area contributed by atoms with E-state index in [1.165, 1.54) is 23.1 Å². The molecule has 2 aromatic carbocycles. The van der Waals surface area contributed by atoms with Gasteiger partial charge in [-0.3, -0.25) is 14.5 Å². The zero-order valence-corrected chi connectivity index (χ0v) is 24.1. The van der Waals surface area contributed by atoms with Crippen LogP contribution >= 0.6 is 46.3 Å². The molecule has 4 aromatic rings. The van der Waals surface area contributed by atoms with Crippen LogP contribution in [0.5, 0.6) is 0 Å². The molecule has 11 heteroatoms. The number of benzene rings is 2. The molecule has 0 aliphatic carbocycles. The van der Waals surface area contributed by atoms with Gasteiger partial charge in [0.2, 0.25) is 5.91 Å². The number of rotatable bonds is 9. The summed E-state index contributed by atoms with van der Waals surface area (Å²) >= 11 is 15.1. The molecule has 5 rings (SSSR count). The normalized spacial score (nSPS) is 14.3. The van der Waals surface area contributed by atoms with Crippen molar-refractivity contribution >= 4 is 63.8 Å². The topological polar surface area (TPSA) is 90.1 Å². The van der Waals surface area contributed by atoms with E-state index >= 15 is 0 Å². The standard InChI is InChI=1S/C28H27Cl2N5O2S2/c29-22-7-6-18(13-23(22)30)15-35-11-8-20(9-12-35)32-26(36)17-39-28-34-25(16-38-28)19-3-1-4-21(14-19)33-27(37)24-5-2-10-31-24/h1-7,10,13-14,16,20,31H,8-9,11-12,15,17H2,(H,32,36)(H,33,37). The highest BCUT2D eigenvalue weighted by atomic mass is 35.5. The molecule has 1 aliphatic heterocycles. The second-order valence-corrected chi connectivity index (χ2v) is 12.2. The zero-order chi connectivity index (χ0) is 27.2. The summed E-state index contributed by atoms with van der Waals surface area (Å²) in [4.78, 5) is 34.9. The second kappa shape index (κ2) is 13.0. The van der Waals surface area contributed by atoms with Gasteiger partial charge >= 0.3 is 0 Å². The Morgan fingerprint density at radius 1 is 1.08 bits per heavy atom. The first kappa shape index (κ1) is 27.7. The fourth-order valence-electron chi connectivity index (χ4n) is 4.41. The molecule has 7 nitrogen and oxygen atoms in total. The van der Waals surface area contributed by atoms with Crippen LogP contribution in [0.3, 0.4) is 0 Å². The van der Waals surface area contributed by atoms with Gasteiger partial charge in [-0.05, 0) is 54.8 Å². The van der Waals surface area contributed by atoms with Crippen molar-refractivity contribution in [1.82, 2.24) is 20.2 Å². The van der Waals surface area contributed by atoms with Crippen molar-refractivity contribution in [1.29, 1.82) is 0 Å². The molecule has 0 unspecified atom stereocenters. The average Bonchev–Trinajstić information content (AvgIpc) is 3.64. The molecule has 3 heterocycles. The lowest BCUT2D eigenvalue weighted by Crippen LogP contribution is -2.44. The van der Waals surface area contributed by atoms with Crippen LogP contribution in [0.4, 0.5) is 5.69 Å². The molecular weight excluding hydrogens is 573 g/mol. The van der Waals surface area contributed by atoms with E-state index in [-0.39, 0.29) is 17.9 Å². The third kappa shape index (κ3) is 7.64. The van der Waals surface area contributed by atoms with E-state index in [2.05, 4.69) is 25.5 Å². The highest BCUT2D eigenvalue weighted by Crippen LogP contribution is 2.30. The summed E-state index contributed by atoms with van der Waals surface area (Å²) in [5.74, 6) is 0.145. The number of aromatic nitrogens is 2. The number of aromatic amines is 1. The number of anilines is 1. The van der Waals surface area contributed by atoms with Gasteiger partial charge in [0.05, 0.1) is 21.5 Å². The smallest absolute Gasteiger partial charge is 0.272 e. The molecule has 1 fully saturated rings. The second-order valence-electron chi connectivity index (χ2n) is 9.27. The minimum Gasteiger partial charge on any atom is -0.357 e. The number of thioether (sulfide) groups is 1. The highest BCUT2D eigenvalue weighted by Gasteiger charge is 2.21. The van der Waals surface area contributed by atoms with Gasteiger partial charge in [0.1, 0.15) is 5.69 Å². The summed E-state index contributed by atoms with van der Waals surface area (Å²) in [5.41, 5.74) is 4.04. The van der Waals surface area contributed by atoms with Crippen LogP contribution in [0.15, 0.2) is 70.5 Å². The summed E-state index contributed by atoms with van der Waals surface area (Å²) < 4.78 is 0.831. The van der Waals surface area contributed by atoms with Crippen LogP contribution in [0.2, 0.25) is 10.0 Å². The summed E-state index contributed by atoms with van der Waals surface area (Å²) in [7, 11) is 0. The van der Waals surface area contributed by atoms with Gasteiger partial charge in [0.15, 0.2) is 4.34 Å². The van der Waals surface area contributed by atoms with E-state index in [0.29, 0.717) is 27.2 Å². The summed E-state index contributed by atoms with van der Waals surface area (Å²) in [5, 5.41) is 9.18. The molecule has 0 bridgehead atoms. The molecule has 2 aromatic heterocycles. The summed E-state index contributed by atoms with van der Waals surface area (Å²) in [6.07, 6.45) is 3.54. The molecule has 202 valence electrons. The predicted octanol–water partition coefficient (Wildman–Crippen LogP) is 6.57. The van der Waals surface area contributed by atoms with Crippen molar-refractivity contribution in [2.75, 3.05) is 24.2 Å². The maximum Gasteiger partial charge on any atom is 0.272 e. The zero-order valence-electron chi connectivity index (χ0n) is 21.0. The highest BCUT2D eigenvalue weighted by molar-refractivity contribution is 8.01. The van der Waals surface area contributed by atoms with Gasteiger partial charge in [0, 0.05) is 48.5 Å². The Morgan fingerprint density at radius 3 is 2.69 bits per heavy atom. The molecule has 0 radical (unpaired) electrons.